The highest BCUT2D eigenvalue weighted by Gasteiger charge is 2.33. The van der Waals surface area contributed by atoms with E-state index in [0.29, 0.717) is 44.0 Å². The predicted octanol–water partition coefficient (Wildman–Crippen LogP) is 5.93. The highest BCUT2D eigenvalue weighted by Crippen LogP contribution is 2.38. The van der Waals surface area contributed by atoms with E-state index >= 15 is 0 Å². The Kier molecular flexibility index (Phi) is 10.1. The maximum Gasteiger partial charge on any atom is 0.573 e. The second-order valence-electron chi connectivity index (χ2n) is 11.5. The molecule has 0 radical (unpaired) electrons. The molecule has 1 aliphatic rings. The summed E-state index contributed by atoms with van der Waals surface area (Å²) in [5.74, 6) is -1.42. The second-order valence-corrected chi connectivity index (χ2v) is 13.5. The van der Waals surface area contributed by atoms with E-state index in [-0.39, 0.29) is 16.8 Å². The summed E-state index contributed by atoms with van der Waals surface area (Å²) >= 11 is 0. The first-order chi connectivity index (χ1) is 21.0. The van der Waals surface area contributed by atoms with Crippen LogP contribution in [-0.4, -0.2) is 74.0 Å². The van der Waals surface area contributed by atoms with Gasteiger partial charge in [0, 0.05) is 44.0 Å². The fourth-order valence-corrected chi connectivity index (χ4v) is 5.53. The minimum atomic E-state index is -5.05. The molecule has 0 aliphatic carbocycles. The van der Waals surface area contributed by atoms with E-state index in [1.165, 1.54) is 16.6 Å². The molecule has 0 bridgehead atoms. The van der Waals surface area contributed by atoms with E-state index in [9.17, 15) is 31.2 Å². The summed E-state index contributed by atoms with van der Waals surface area (Å²) in [6.07, 6.45) is -4.76. The molecule has 2 N–H and O–H groups in total. The summed E-state index contributed by atoms with van der Waals surface area (Å²) in [5.41, 5.74) is 0.395. The number of halogens is 3. The minimum absolute atomic E-state index is 0.00254. The van der Waals surface area contributed by atoms with Crippen LogP contribution in [-0.2, 0) is 21.3 Å². The number of carbonyl (C=O) groups is 2. The Morgan fingerprint density at radius 3 is 2.07 bits per heavy atom. The zero-order valence-corrected chi connectivity index (χ0v) is 26.1. The lowest BCUT2D eigenvalue weighted by atomic mass is 10.00. The molecule has 0 saturated carbocycles. The number of anilines is 2. The van der Waals surface area contributed by atoms with Gasteiger partial charge in [-0.1, -0.05) is 42.5 Å². The quantitative estimate of drug-likeness (QED) is 0.311. The van der Waals surface area contributed by atoms with Gasteiger partial charge in [0.15, 0.2) is 0 Å². The maximum absolute atomic E-state index is 13.5. The van der Waals surface area contributed by atoms with Crippen LogP contribution in [0.1, 0.15) is 36.7 Å². The third-order valence-electron chi connectivity index (χ3n) is 6.73. The molecule has 1 heterocycles. The Labute approximate surface area is 260 Å². The van der Waals surface area contributed by atoms with Gasteiger partial charge in [0.25, 0.3) is 5.91 Å². The molecule has 0 atom stereocenters. The molecule has 45 heavy (non-hydrogen) atoms. The normalized spacial score (nSPS) is 14.9. The first-order valence-corrected chi connectivity index (χ1v) is 15.9. The highest BCUT2D eigenvalue weighted by atomic mass is 32.2. The average Bonchev–Trinajstić information content (AvgIpc) is 2.93. The lowest BCUT2D eigenvalue weighted by molar-refractivity contribution is -0.274. The third-order valence-corrected chi connectivity index (χ3v) is 8.03. The van der Waals surface area contributed by atoms with Gasteiger partial charge >= 0.3 is 12.5 Å². The van der Waals surface area contributed by atoms with Crippen LogP contribution in [0.3, 0.4) is 0 Å². The molecule has 1 fully saturated rings. The number of piperazine rings is 1. The Morgan fingerprint density at radius 1 is 0.889 bits per heavy atom. The summed E-state index contributed by atoms with van der Waals surface area (Å²) in [6.45, 7) is 7.44. The van der Waals surface area contributed by atoms with Crippen molar-refractivity contribution in [3.05, 3.63) is 77.9 Å². The lowest BCUT2D eigenvalue weighted by Gasteiger charge is -2.33. The van der Waals surface area contributed by atoms with Gasteiger partial charge in [0.1, 0.15) is 11.4 Å². The molecule has 3 aromatic rings. The molecule has 0 aromatic heterocycles. The Morgan fingerprint density at radius 2 is 1.51 bits per heavy atom. The Hall–Kier alpha value is -4.14. The molecule has 3 aromatic carbocycles. The van der Waals surface area contributed by atoms with Crippen molar-refractivity contribution in [2.24, 2.45) is 0 Å². The fraction of sp³-hybridized carbons (Fsp3) is 0.355. The van der Waals surface area contributed by atoms with Crippen molar-refractivity contribution < 1.29 is 40.7 Å². The largest absolute Gasteiger partial charge is 0.573 e. The maximum atomic E-state index is 13.5. The van der Waals surface area contributed by atoms with Crippen LogP contribution in [0.15, 0.2) is 66.7 Å². The van der Waals surface area contributed by atoms with Crippen molar-refractivity contribution in [1.29, 1.82) is 0 Å². The number of sulfonamides is 1. The van der Waals surface area contributed by atoms with Crippen molar-refractivity contribution in [2.75, 3.05) is 43.1 Å². The summed E-state index contributed by atoms with van der Waals surface area (Å²) in [5, 5.41) is 5.16. The molecule has 4 rings (SSSR count). The highest BCUT2D eigenvalue weighted by molar-refractivity contribution is 7.88. The van der Waals surface area contributed by atoms with Crippen LogP contribution >= 0.6 is 0 Å². The van der Waals surface area contributed by atoms with Gasteiger partial charge in [-0.25, -0.2) is 13.2 Å². The van der Waals surface area contributed by atoms with Crippen molar-refractivity contribution >= 4 is 33.4 Å². The number of hydrogen-bond acceptors (Lipinski definition) is 7. The summed E-state index contributed by atoms with van der Waals surface area (Å²) < 4.78 is 74.9. The predicted molar refractivity (Wildman–Crippen MR) is 165 cm³/mol. The van der Waals surface area contributed by atoms with Crippen molar-refractivity contribution in [1.82, 2.24) is 9.21 Å². The van der Waals surface area contributed by atoms with Crippen LogP contribution in [0.25, 0.3) is 11.1 Å². The number of alkyl halides is 3. The number of amides is 2. The minimum Gasteiger partial charge on any atom is -0.444 e. The zero-order valence-electron chi connectivity index (χ0n) is 25.3. The van der Waals surface area contributed by atoms with Gasteiger partial charge < -0.3 is 14.8 Å². The molecular weight excluding hydrogens is 613 g/mol. The molecular formula is C31H35F3N4O6S. The number of hydrogen-bond donors (Lipinski definition) is 2. The lowest BCUT2D eigenvalue weighted by Crippen LogP contribution is -2.47. The first-order valence-electron chi connectivity index (χ1n) is 14.0. The number of benzene rings is 3. The first kappa shape index (κ1) is 33.7. The summed E-state index contributed by atoms with van der Waals surface area (Å²) in [4.78, 5) is 28.3. The molecule has 14 heteroatoms. The van der Waals surface area contributed by atoms with Crippen LogP contribution in [0.5, 0.6) is 5.75 Å². The molecule has 1 saturated heterocycles. The van der Waals surface area contributed by atoms with E-state index < -0.39 is 39.7 Å². The van der Waals surface area contributed by atoms with E-state index in [4.69, 9.17) is 4.74 Å². The van der Waals surface area contributed by atoms with Crippen molar-refractivity contribution in [3.63, 3.8) is 0 Å². The second kappa shape index (κ2) is 13.5. The smallest absolute Gasteiger partial charge is 0.444 e. The number of rotatable bonds is 8. The van der Waals surface area contributed by atoms with Gasteiger partial charge in [-0.05, 0) is 56.2 Å². The van der Waals surface area contributed by atoms with Crippen LogP contribution in [0.2, 0.25) is 0 Å². The van der Waals surface area contributed by atoms with Gasteiger partial charge in [-0.2, -0.15) is 4.31 Å². The molecule has 10 nitrogen and oxygen atoms in total. The van der Waals surface area contributed by atoms with Gasteiger partial charge in [0.2, 0.25) is 10.0 Å². The van der Waals surface area contributed by atoms with Crippen LogP contribution in [0.4, 0.5) is 29.3 Å². The van der Waals surface area contributed by atoms with E-state index in [1.54, 1.807) is 75.4 Å². The molecule has 0 unspecified atom stereocenters. The monoisotopic (exact) mass is 648 g/mol. The van der Waals surface area contributed by atoms with Gasteiger partial charge in [0.05, 0.1) is 17.5 Å². The summed E-state index contributed by atoms with van der Waals surface area (Å²) in [7, 11) is -3.24. The molecule has 242 valence electrons. The Balaban J connectivity index is 1.59. The topological polar surface area (TPSA) is 117 Å². The SMILES string of the molecule is CC(C)(C)OC(=O)Nc1cc(-c2ccccc2)c(OC(F)(F)F)cc1C(=O)Nc1ccc(CN2CCN(S(C)(=O)=O)CC2)cc1. The van der Waals surface area contributed by atoms with Gasteiger partial charge in [-0.3, -0.25) is 15.0 Å². The van der Waals surface area contributed by atoms with E-state index in [2.05, 4.69) is 20.3 Å². The number of ether oxygens (including phenoxy) is 2. The number of carbonyl (C=O) groups excluding carboxylic acids is 2. The number of nitrogens with zero attached hydrogens (tertiary/aromatic N) is 2. The average molecular weight is 649 g/mol. The van der Waals surface area contributed by atoms with E-state index in [1.807, 2.05) is 0 Å². The van der Waals surface area contributed by atoms with Crippen LogP contribution in [0, 0.1) is 0 Å². The summed E-state index contributed by atoms with van der Waals surface area (Å²) in [6, 6.07) is 17.1. The Bertz CT molecular complexity index is 1620. The fourth-order valence-electron chi connectivity index (χ4n) is 4.71. The molecule has 0 spiro atoms. The number of nitrogens with one attached hydrogen (secondary N) is 2. The molecule has 1 aliphatic heterocycles. The van der Waals surface area contributed by atoms with Crippen molar-refractivity contribution in [3.8, 4) is 16.9 Å². The van der Waals surface area contributed by atoms with Gasteiger partial charge in [-0.15, -0.1) is 13.2 Å². The van der Waals surface area contributed by atoms with Crippen molar-refractivity contribution in [2.45, 2.75) is 39.3 Å². The van der Waals surface area contributed by atoms with Crippen LogP contribution < -0.4 is 15.4 Å². The molecule has 2 amide bonds. The zero-order chi connectivity index (χ0) is 33.0. The standard InChI is InChI=1S/C31H35F3N4O6S/c1-30(2,3)44-29(40)36-26-18-24(22-8-6-5-7-9-22)27(43-31(32,33)34)19-25(26)28(39)35-23-12-10-21(11-13-23)20-37-14-16-38(17-15-37)45(4,41)42/h5-13,18-19H,14-17,20H2,1-4H3,(H,35,39)(H,36,40). The van der Waals surface area contributed by atoms with E-state index in [0.717, 1.165) is 11.6 Å². The third kappa shape index (κ3) is 9.93.